The molecule has 1 aromatic heterocycles. The maximum Gasteiger partial charge on any atom is 0.191 e. The molecule has 7 nitrogen and oxygen atoms in total. The monoisotopic (exact) mass is 502 g/mol. The third-order valence-corrected chi connectivity index (χ3v) is 4.31. The number of hydrogen-bond donors (Lipinski definition) is 2. The summed E-state index contributed by atoms with van der Waals surface area (Å²) in [4.78, 5) is 9.08. The van der Waals surface area contributed by atoms with Gasteiger partial charge >= 0.3 is 0 Å². The van der Waals surface area contributed by atoms with E-state index in [0.29, 0.717) is 12.3 Å². The molecule has 2 heterocycles. The van der Waals surface area contributed by atoms with Crippen LogP contribution >= 0.6 is 24.0 Å². The number of guanidine groups is 1. The number of aryl methyl sites for hydroxylation is 2. The predicted octanol–water partition coefficient (Wildman–Crippen LogP) is 2.68. The van der Waals surface area contributed by atoms with Gasteiger partial charge in [-0.2, -0.15) is 5.10 Å². The van der Waals surface area contributed by atoms with Gasteiger partial charge in [0.1, 0.15) is 29.3 Å². The van der Waals surface area contributed by atoms with E-state index >= 15 is 0 Å². The normalized spacial score (nSPS) is 17.3. The van der Waals surface area contributed by atoms with Crippen LogP contribution in [0.2, 0.25) is 0 Å². The van der Waals surface area contributed by atoms with Gasteiger partial charge in [-0.15, -0.1) is 24.0 Å². The molecule has 0 radical (unpaired) electrons. The highest BCUT2D eigenvalue weighted by Gasteiger charge is 2.21. The lowest BCUT2D eigenvalue weighted by atomic mass is 10.1. The maximum atomic E-state index is 13.0. The number of fused-ring (bicyclic) bond motifs is 1. The summed E-state index contributed by atoms with van der Waals surface area (Å²) in [7, 11) is 0. The number of rotatable bonds is 6. The first-order valence-electron chi connectivity index (χ1n) is 9.41. The number of aliphatic imine (C=N–C) groups is 1. The average Bonchev–Trinajstić information content (AvgIpc) is 3.01. The lowest BCUT2D eigenvalue weighted by Crippen LogP contribution is -2.47. The van der Waals surface area contributed by atoms with E-state index in [1.807, 2.05) is 25.5 Å². The fraction of sp³-hybridized carbons (Fsp3) is 0.526. The molecule has 0 spiro atoms. The second-order valence-corrected chi connectivity index (χ2v) is 6.74. The zero-order chi connectivity index (χ0) is 19.2. The van der Waals surface area contributed by atoms with Crippen molar-refractivity contribution in [1.82, 2.24) is 25.4 Å². The minimum Gasteiger partial charge on any atom is -0.489 e. The Morgan fingerprint density at radius 1 is 1.39 bits per heavy atom. The highest BCUT2D eigenvalue weighted by Crippen LogP contribution is 2.14. The summed E-state index contributed by atoms with van der Waals surface area (Å²) < 4.78 is 20.7. The summed E-state index contributed by atoms with van der Waals surface area (Å²) in [5.74, 6) is 2.99. The number of benzene rings is 1. The Hall–Kier alpha value is -1.91. The number of aromatic nitrogens is 3. The van der Waals surface area contributed by atoms with Crippen LogP contribution in [0.4, 0.5) is 4.39 Å². The molecule has 0 aliphatic carbocycles. The van der Waals surface area contributed by atoms with Gasteiger partial charge in [0.2, 0.25) is 0 Å². The van der Waals surface area contributed by atoms with E-state index in [1.54, 1.807) is 12.1 Å². The lowest BCUT2D eigenvalue weighted by Gasteiger charge is -2.25. The molecular weight excluding hydrogens is 474 g/mol. The van der Waals surface area contributed by atoms with Gasteiger partial charge in [0.15, 0.2) is 5.96 Å². The first-order valence-corrected chi connectivity index (χ1v) is 9.41. The lowest BCUT2D eigenvalue weighted by molar-refractivity contribution is 0.230. The molecule has 0 bridgehead atoms. The number of hydrogen-bond acceptors (Lipinski definition) is 4. The Labute approximate surface area is 182 Å². The van der Waals surface area contributed by atoms with Crippen LogP contribution in [-0.2, 0) is 13.0 Å². The van der Waals surface area contributed by atoms with E-state index in [1.165, 1.54) is 12.1 Å². The third-order valence-electron chi connectivity index (χ3n) is 4.31. The number of halogens is 2. The van der Waals surface area contributed by atoms with Crippen LogP contribution in [0.25, 0.3) is 0 Å². The zero-order valence-electron chi connectivity index (χ0n) is 16.5. The largest absolute Gasteiger partial charge is 0.489 e. The van der Waals surface area contributed by atoms with Gasteiger partial charge in [-0.05, 0) is 51.5 Å². The van der Waals surface area contributed by atoms with Gasteiger partial charge in [-0.1, -0.05) is 0 Å². The molecule has 9 heteroatoms. The molecule has 0 amide bonds. The second kappa shape index (κ2) is 10.6. The predicted molar refractivity (Wildman–Crippen MR) is 118 cm³/mol. The van der Waals surface area contributed by atoms with Crippen LogP contribution in [0, 0.1) is 12.7 Å². The Morgan fingerprint density at radius 2 is 2.14 bits per heavy atom. The smallest absolute Gasteiger partial charge is 0.191 e. The van der Waals surface area contributed by atoms with Crippen LogP contribution in [0.5, 0.6) is 5.75 Å². The van der Waals surface area contributed by atoms with Crippen LogP contribution < -0.4 is 15.4 Å². The minimum atomic E-state index is -0.273. The van der Waals surface area contributed by atoms with Gasteiger partial charge in [0.05, 0.1) is 13.1 Å². The maximum absolute atomic E-state index is 13.0. The Bertz CT molecular complexity index is 779. The van der Waals surface area contributed by atoms with Gasteiger partial charge in [0, 0.05) is 19.0 Å². The van der Waals surface area contributed by atoms with Crippen molar-refractivity contribution < 1.29 is 9.13 Å². The molecule has 2 aromatic rings. The quantitative estimate of drug-likeness (QED) is 0.361. The molecule has 0 saturated carbocycles. The molecule has 3 rings (SSSR count). The summed E-state index contributed by atoms with van der Waals surface area (Å²) in [6.45, 7) is 7.95. The van der Waals surface area contributed by atoms with Gasteiger partial charge < -0.3 is 15.4 Å². The average molecular weight is 502 g/mol. The highest BCUT2D eigenvalue weighted by atomic mass is 127. The molecule has 0 saturated heterocycles. The number of nitrogens with zero attached hydrogens (tertiary/aromatic N) is 4. The summed E-state index contributed by atoms with van der Waals surface area (Å²) in [6, 6.07) is 6.28. The number of nitrogens with one attached hydrogen (secondary N) is 2. The van der Waals surface area contributed by atoms with Gasteiger partial charge in [-0.25, -0.2) is 19.0 Å². The molecule has 2 atom stereocenters. The first-order chi connectivity index (χ1) is 13.0. The summed E-state index contributed by atoms with van der Waals surface area (Å²) in [5, 5.41) is 11.2. The molecule has 154 valence electrons. The van der Waals surface area contributed by atoms with E-state index < -0.39 is 0 Å². The van der Waals surface area contributed by atoms with E-state index in [2.05, 4.69) is 25.7 Å². The van der Waals surface area contributed by atoms with Crippen LogP contribution in [0.3, 0.4) is 0 Å². The van der Waals surface area contributed by atoms with Crippen molar-refractivity contribution in [3.63, 3.8) is 0 Å². The SMILES string of the molecule is CCNC(=NCC(C)Oc1ccc(F)cc1)NC1CCc2nc(C)nn2C1.I. The summed E-state index contributed by atoms with van der Waals surface area (Å²) >= 11 is 0. The minimum absolute atomic E-state index is 0. The van der Waals surface area contributed by atoms with Crippen molar-refractivity contribution in [2.75, 3.05) is 13.1 Å². The van der Waals surface area contributed by atoms with Crippen molar-refractivity contribution in [2.24, 2.45) is 4.99 Å². The fourth-order valence-electron chi connectivity index (χ4n) is 3.07. The van der Waals surface area contributed by atoms with E-state index in [4.69, 9.17) is 4.74 Å². The Balaban J connectivity index is 0.00000280. The van der Waals surface area contributed by atoms with Gasteiger partial charge in [0.25, 0.3) is 0 Å². The van der Waals surface area contributed by atoms with Crippen molar-refractivity contribution in [2.45, 2.75) is 52.3 Å². The van der Waals surface area contributed by atoms with Crippen molar-refractivity contribution in [3.05, 3.63) is 41.7 Å². The molecule has 2 N–H and O–H groups in total. The van der Waals surface area contributed by atoms with Gasteiger partial charge in [-0.3, -0.25) is 0 Å². The molecular formula is C19H28FIN6O. The first kappa shape index (κ1) is 22.4. The van der Waals surface area contributed by atoms with Crippen LogP contribution in [0.15, 0.2) is 29.3 Å². The Kier molecular flexibility index (Phi) is 8.46. The zero-order valence-corrected chi connectivity index (χ0v) is 18.8. The second-order valence-electron chi connectivity index (χ2n) is 6.74. The molecule has 1 aliphatic heterocycles. The summed E-state index contributed by atoms with van der Waals surface area (Å²) in [5.41, 5.74) is 0. The topological polar surface area (TPSA) is 76.4 Å². The Morgan fingerprint density at radius 3 is 2.86 bits per heavy atom. The van der Waals surface area contributed by atoms with Crippen molar-refractivity contribution >= 4 is 29.9 Å². The highest BCUT2D eigenvalue weighted by molar-refractivity contribution is 14.0. The summed E-state index contributed by atoms with van der Waals surface area (Å²) in [6.07, 6.45) is 1.77. The van der Waals surface area contributed by atoms with Crippen molar-refractivity contribution in [1.29, 1.82) is 0 Å². The van der Waals surface area contributed by atoms with Crippen LogP contribution in [-0.4, -0.2) is 46.0 Å². The van der Waals surface area contributed by atoms with E-state index in [9.17, 15) is 4.39 Å². The van der Waals surface area contributed by atoms with E-state index in [-0.39, 0.29) is 41.9 Å². The molecule has 2 unspecified atom stereocenters. The standard InChI is InChI=1S/C19H27FN6O.HI/c1-4-21-19(22-11-13(2)27-17-8-5-15(20)6-9-17)24-16-7-10-18-23-14(3)25-26(18)12-16;/h5-6,8-9,13,16H,4,7,10-12H2,1-3H3,(H2,21,22,24);1H. The third kappa shape index (κ3) is 6.32. The van der Waals surface area contributed by atoms with E-state index in [0.717, 1.165) is 43.5 Å². The van der Waals surface area contributed by atoms with Crippen molar-refractivity contribution in [3.8, 4) is 5.75 Å². The molecule has 0 fully saturated rings. The molecule has 28 heavy (non-hydrogen) atoms. The molecule has 1 aromatic carbocycles. The number of ether oxygens (including phenoxy) is 1. The van der Waals surface area contributed by atoms with Crippen LogP contribution in [0.1, 0.15) is 31.9 Å². The molecule has 1 aliphatic rings. The fourth-order valence-corrected chi connectivity index (χ4v) is 3.07.